The molecule has 1 aromatic heterocycles. The summed E-state index contributed by atoms with van der Waals surface area (Å²) >= 11 is 0. The Bertz CT molecular complexity index is 521. The van der Waals surface area contributed by atoms with Crippen LogP contribution < -0.4 is 10.6 Å². The molecule has 0 spiro atoms. The smallest absolute Gasteiger partial charge is 0.191 e. The van der Waals surface area contributed by atoms with Crippen molar-refractivity contribution < 1.29 is 14.3 Å². The van der Waals surface area contributed by atoms with E-state index in [4.69, 9.17) is 9.15 Å². The maximum Gasteiger partial charge on any atom is 0.191 e. The summed E-state index contributed by atoms with van der Waals surface area (Å²) in [6.07, 6.45) is 5.68. The first-order chi connectivity index (χ1) is 11.1. The fourth-order valence-electron chi connectivity index (χ4n) is 2.37. The molecule has 0 saturated carbocycles. The topological polar surface area (TPSA) is 79.0 Å². The first-order valence-electron chi connectivity index (χ1n) is 8.16. The average Bonchev–Trinajstić information content (AvgIpc) is 3.09. The SMILES string of the molecule is CCNC(=NCC(C)(O)c1ccco1)NCCC1=CCOCC1. The molecular weight excluding hydrogens is 294 g/mol. The van der Waals surface area contributed by atoms with Crippen LogP contribution in [0.25, 0.3) is 0 Å². The van der Waals surface area contributed by atoms with Crippen molar-refractivity contribution >= 4 is 5.96 Å². The molecular formula is C17H27N3O3. The van der Waals surface area contributed by atoms with Crippen LogP contribution in [-0.2, 0) is 10.3 Å². The van der Waals surface area contributed by atoms with Gasteiger partial charge in [-0.1, -0.05) is 11.6 Å². The van der Waals surface area contributed by atoms with E-state index in [0.29, 0.717) is 11.7 Å². The standard InChI is InChI=1S/C17H27N3O3/c1-3-18-16(19-9-6-14-7-11-22-12-8-14)20-13-17(2,21)15-5-4-10-23-15/h4-5,7,10,21H,3,6,8-9,11-13H2,1-2H3,(H2,18,19,20). The number of aliphatic imine (C=N–C) groups is 1. The van der Waals surface area contributed by atoms with Crippen molar-refractivity contribution in [3.05, 3.63) is 35.8 Å². The van der Waals surface area contributed by atoms with Gasteiger partial charge in [-0.05, 0) is 38.8 Å². The summed E-state index contributed by atoms with van der Waals surface area (Å²) in [4.78, 5) is 4.46. The molecule has 1 aliphatic rings. The highest BCUT2D eigenvalue weighted by Gasteiger charge is 2.26. The minimum atomic E-state index is -1.12. The van der Waals surface area contributed by atoms with E-state index in [1.807, 2.05) is 6.92 Å². The van der Waals surface area contributed by atoms with Crippen molar-refractivity contribution in [2.24, 2.45) is 4.99 Å². The molecule has 1 aromatic rings. The molecule has 0 fully saturated rings. The fraction of sp³-hybridized carbons (Fsp3) is 0.588. The van der Waals surface area contributed by atoms with Gasteiger partial charge >= 0.3 is 0 Å². The van der Waals surface area contributed by atoms with Gasteiger partial charge in [0.1, 0.15) is 11.4 Å². The summed E-state index contributed by atoms with van der Waals surface area (Å²) in [5.74, 6) is 1.22. The second-order valence-electron chi connectivity index (χ2n) is 5.81. The summed E-state index contributed by atoms with van der Waals surface area (Å²) in [5.41, 5.74) is 0.303. The van der Waals surface area contributed by atoms with E-state index in [2.05, 4.69) is 21.7 Å². The Labute approximate surface area is 137 Å². The van der Waals surface area contributed by atoms with Gasteiger partial charge in [-0.3, -0.25) is 0 Å². The van der Waals surface area contributed by atoms with Crippen LogP contribution in [0.4, 0.5) is 0 Å². The zero-order valence-electron chi connectivity index (χ0n) is 14.0. The summed E-state index contributed by atoms with van der Waals surface area (Å²) in [6.45, 7) is 7.05. The number of guanidine groups is 1. The minimum Gasteiger partial charge on any atom is -0.466 e. The van der Waals surface area contributed by atoms with Crippen LogP contribution in [0.5, 0.6) is 0 Å². The van der Waals surface area contributed by atoms with Crippen LogP contribution in [0.3, 0.4) is 0 Å². The summed E-state index contributed by atoms with van der Waals surface area (Å²) in [5, 5.41) is 16.9. The molecule has 0 aliphatic carbocycles. The Kier molecular flexibility index (Phi) is 6.67. The van der Waals surface area contributed by atoms with Gasteiger partial charge in [0, 0.05) is 13.1 Å². The Morgan fingerprint density at radius 2 is 2.30 bits per heavy atom. The molecule has 2 heterocycles. The molecule has 23 heavy (non-hydrogen) atoms. The maximum absolute atomic E-state index is 10.4. The van der Waals surface area contributed by atoms with E-state index in [-0.39, 0.29) is 6.54 Å². The van der Waals surface area contributed by atoms with Crippen molar-refractivity contribution in [3.63, 3.8) is 0 Å². The average molecular weight is 321 g/mol. The molecule has 128 valence electrons. The van der Waals surface area contributed by atoms with Gasteiger partial charge < -0.3 is 24.9 Å². The quantitative estimate of drug-likeness (QED) is 0.405. The normalized spacial score (nSPS) is 18.2. The second-order valence-corrected chi connectivity index (χ2v) is 5.81. The van der Waals surface area contributed by atoms with Gasteiger partial charge in [0.05, 0.1) is 26.0 Å². The van der Waals surface area contributed by atoms with E-state index < -0.39 is 5.60 Å². The predicted octanol–water partition coefficient (Wildman–Crippen LogP) is 1.78. The fourth-order valence-corrected chi connectivity index (χ4v) is 2.37. The molecule has 1 atom stereocenters. The zero-order valence-corrected chi connectivity index (χ0v) is 14.0. The number of nitrogens with zero attached hydrogens (tertiary/aromatic N) is 1. The van der Waals surface area contributed by atoms with Gasteiger partial charge in [-0.15, -0.1) is 0 Å². The molecule has 3 N–H and O–H groups in total. The number of nitrogens with one attached hydrogen (secondary N) is 2. The van der Waals surface area contributed by atoms with Gasteiger partial charge in [0.2, 0.25) is 0 Å². The van der Waals surface area contributed by atoms with Gasteiger partial charge in [0.25, 0.3) is 0 Å². The monoisotopic (exact) mass is 321 g/mol. The first-order valence-corrected chi connectivity index (χ1v) is 8.16. The van der Waals surface area contributed by atoms with Crippen LogP contribution in [0.15, 0.2) is 39.5 Å². The van der Waals surface area contributed by atoms with Crippen molar-refractivity contribution in [2.45, 2.75) is 32.3 Å². The molecule has 0 amide bonds. The van der Waals surface area contributed by atoms with Crippen LogP contribution in [0, 0.1) is 0 Å². The molecule has 0 radical (unpaired) electrons. The van der Waals surface area contributed by atoms with E-state index >= 15 is 0 Å². The highest BCUT2D eigenvalue weighted by Crippen LogP contribution is 2.21. The molecule has 2 rings (SSSR count). The maximum atomic E-state index is 10.4. The molecule has 0 bridgehead atoms. The lowest BCUT2D eigenvalue weighted by molar-refractivity contribution is 0.0437. The summed E-state index contributed by atoms with van der Waals surface area (Å²) < 4.78 is 10.6. The first kappa shape index (κ1) is 17.6. The number of ether oxygens (including phenoxy) is 1. The van der Waals surface area contributed by atoms with Crippen molar-refractivity contribution in [3.8, 4) is 0 Å². The number of aliphatic hydroxyl groups is 1. The van der Waals surface area contributed by atoms with Crippen molar-refractivity contribution in [1.82, 2.24) is 10.6 Å². The van der Waals surface area contributed by atoms with Crippen LogP contribution >= 0.6 is 0 Å². The van der Waals surface area contributed by atoms with Gasteiger partial charge in [-0.25, -0.2) is 4.99 Å². The van der Waals surface area contributed by atoms with Crippen molar-refractivity contribution in [1.29, 1.82) is 0 Å². The Hall–Kier alpha value is -1.79. The third kappa shape index (κ3) is 5.73. The highest BCUT2D eigenvalue weighted by atomic mass is 16.5. The van der Waals surface area contributed by atoms with E-state index in [1.54, 1.807) is 25.3 Å². The number of rotatable bonds is 7. The largest absolute Gasteiger partial charge is 0.466 e. The lowest BCUT2D eigenvalue weighted by Crippen LogP contribution is -2.39. The van der Waals surface area contributed by atoms with Crippen LogP contribution in [-0.4, -0.2) is 43.9 Å². The third-order valence-electron chi connectivity index (χ3n) is 3.74. The minimum absolute atomic E-state index is 0.229. The molecule has 0 saturated heterocycles. The molecule has 1 unspecified atom stereocenters. The van der Waals surface area contributed by atoms with Crippen LogP contribution in [0.2, 0.25) is 0 Å². The number of hydrogen-bond acceptors (Lipinski definition) is 4. The van der Waals surface area contributed by atoms with E-state index in [0.717, 1.165) is 39.1 Å². The molecule has 6 nitrogen and oxygen atoms in total. The second kappa shape index (κ2) is 8.74. The number of furan rings is 1. The number of hydrogen-bond donors (Lipinski definition) is 3. The third-order valence-corrected chi connectivity index (χ3v) is 3.74. The van der Waals surface area contributed by atoms with Gasteiger partial charge in [-0.2, -0.15) is 0 Å². The summed E-state index contributed by atoms with van der Waals surface area (Å²) in [6, 6.07) is 3.52. The zero-order chi connectivity index (χ0) is 16.5. The molecule has 0 aromatic carbocycles. The summed E-state index contributed by atoms with van der Waals surface area (Å²) in [7, 11) is 0. The van der Waals surface area contributed by atoms with Gasteiger partial charge in [0.15, 0.2) is 5.96 Å². The van der Waals surface area contributed by atoms with E-state index in [1.165, 1.54) is 5.57 Å². The lowest BCUT2D eigenvalue weighted by Gasteiger charge is -2.20. The highest BCUT2D eigenvalue weighted by molar-refractivity contribution is 5.79. The molecule has 1 aliphatic heterocycles. The van der Waals surface area contributed by atoms with Crippen LogP contribution in [0.1, 0.15) is 32.4 Å². The Morgan fingerprint density at radius 3 is 2.96 bits per heavy atom. The molecule has 6 heteroatoms. The Balaban J connectivity index is 1.85. The van der Waals surface area contributed by atoms with E-state index in [9.17, 15) is 5.11 Å². The predicted molar refractivity (Wildman–Crippen MR) is 90.4 cm³/mol. The Morgan fingerprint density at radius 1 is 1.43 bits per heavy atom. The van der Waals surface area contributed by atoms with Crippen molar-refractivity contribution in [2.75, 3.05) is 32.8 Å². The lowest BCUT2D eigenvalue weighted by atomic mass is 10.0.